The highest BCUT2D eigenvalue weighted by atomic mass is 16.3. The molecule has 0 aliphatic heterocycles. The van der Waals surface area contributed by atoms with Crippen LogP contribution in [0.2, 0.25) is 0 Å². The molecule has 0 aliphatic rings. The van der Waals surface area contributed by atoms with E-state index in [1.165, 1.54) is 180 Å². The Morgan fingerprint density at radius 1 is 0.421 bits per heavy atom. The van der Waals surface area contributed by atoms with E-state index < -0.39 is 36.9 Å². The first kappa shape index (κ1) is 55.5. The number of aliphatic hydroxyl groups excluding tert-OH is 4. The Hall–Kier alpha value is -1.47. The Morgan fingerprint density at radius 3 is 1.11 bits per heavy atom. The lowest BCUT2D eigenvalue weighted by Crippen LogP contribution is -2.53. The average Bonchev–Trinajstić information content (AvgIpc) is 3.22. The molecule has 0 saturated carbocycles. The molecule has 0 aromatic heterocycles. The summed E-state index contributed by atoms with van der Waals surface area (Å²) in [7, 11) is 0. The molecule has 336 valence electrons. The summed E-state index contributed by atoms with van der Waals surface area (Å²) in [5.41, 5.74) is 0. The molecule has 0 aliphatic carbocycles. The van der Waals surface area contributed by atoms with Crippen molar-refractivity contribution >= 4 is 5.91 Å². The van der Waals surface area contributed by atoms with Crippen LogP contribution in [0.15, 0.2) is 36.5 Å². The monoisotopic (exact) mass is 804 g/mol. The molecular formula is C51H97NO5. The third kappa shape index (κ3) is 39.7. The number of aliphatic hydroxyl groups is 4. The first-order valence-electron chi connectivity index (χ1n) is 24.9. The van der Waals surface area contributed by atoms with Crippen molar-refractivity contribution in [1.29, 1.82) is 0 Å². The van der Waals surface area contributed by atoms with Crippen LogP contribution in [0.3, 0.4) is 0 Å². The summed E-state index contributed by atoms with van der Waals surface area (Å²) in [6.07, 6.45) is 54.7. The number of allylic oxidation sites excluding steroid dienone is 6. The van der Waals surface area contributed by atoms with Gasteiger partial charge in [0.1, 0.15) is 12.2 Å². The Kier molecular flexibility index (Phi) is 44.4. The number of carbonyl (C=O) groups is 1. The molecule has 0 spiro atoms. The first-order valence-corrected chi connectivity index (χ1v) is 24.9. The van der Waals surface area contributed by atoms with Gasteiger partial charge in [0.2, 0.25) is 5.91 Å². The third-order valence-electron chi connectivity index (χ3n) is 11.6. The Morgan fingerprint density at radius 2 is 0.737 bits per heavy atom. The van der Waals surface area contributed by atoms with Crippen LogP contribution in [-0.2, 0) is 4.79 Å². The third-order valence-corrected chi connectivity index (χ3v) is 11.6. The SMILES string of the molecule is CCCCCCCCCCC/C=C/CC/C=C/CCCC(O)C(O)C(CO)NC(=O)C(O)CCCCCCCCC/C=C\CCCCCCCCCCCCCC. The standard InChI is InChI=1S/C51H97NO5/c1-3-5-7-9-11-13-15-17-19-21-23-24-25-26-27-29-31-33-35-37-39-41-43-45-49(55)51(57)52-47(46-53)50(56)48(54)44-42-40-38-36-34-32-30-28-22-20-18-16-14-12-10-8-6-4-2/h26-28,30,36,38,47-50,53-56H,3-25,29,31-35,37,39-46H2,1-2H3,(H,52,57)/b27-26-,30-28+,38-36+. The summed E-state index contributed by atoms with van der Waals surface area (Å²) in [6, 6.07) is -1.01. The fourth-order valence-corrected chi connectivity index (χ4v) is 7.59. The van der Waals surface area contributed by atoms with Crippen LogP contribution in [0.4, 0.5) is 0 Å². The summed E-state index contributed by atoms with van der Waals surface area (Å²) in [5.74, 6) is -0.600. The second kappa shape index (κ2) is 45.6. The van der Waals surface area contributed by atoms with Gasteiger partial charge >= 0.3 is 0 Å². The van der Waals surface area contributed by atoms with Crippen molar-refractivity contribution in [2.24, 2.45) is 0 Å². The van der Waals surface area contributed by atoms with Gasteiger partial charge in [-0.15, -0.1) is 0 Å². The molecule has 1 amide bonds. The largest absolute Gasteiger partial charge is 0.394 e. The van der Waals surface area contributed by atoms with Crippen LogP contribution in [0.25, 0.3) is 0 Å². The number of amides is 1. The van der Waals surface area contributed by atoms with Crippen molar-refractivity contribution in [3.8, 4) is 0 Å². The number of unbranched alkanes of at least 4 members (excludes halogenated alkanes) is 30. The molecule has 6 heteroatoms. The van der Waals surface area contributed by atoms with Crippen LogP contribution in [0, 0.1) is 0 Å². The van der Waals surface area contributed by atoms with Gasteiger partial charge in [0.05, 0.1) is 18.8 Å². The minimum atomic E-state index is -1.29. The van der Waals surface area contributed by atoms with E-state index in [1.54, 1.807) is 0 Å². The molecular weight excluding hydrogens is 707 g/mol. The molecule has 4 atom stereocenters. The number of nitrogens with one attached hydrogen (secondary N) is 1. The Bertz CT molecular complexity index is 904. The van der Waals surface area contributed by atoms with Crippen molar-refractivity contribution in [2.45, 2.75) is 276 Å². The molecule has 0 aromatic carbocycles. The molecule has 4 unspecified atom stereocenters. The summed E-state index contributed by atoms with van der Waals surface area (Å²) in [6.45, 7) is 4.05. The Balaban J connectivity index is 3.74. The van der Waals surface area contributed by atoms with E-state index in [9.17, 15) is 25.2 Å². The van der Waals surface area contributed by atoms with E-state index in [0.717, 1.165) is 38.5 Å². The lowest BCUT2D eigenvalue weighted by molar-refractivity contribution is -0.132. The van der Waals surface area contributed by atoms with Crippen LogP contribution in [-0.4, -0.2) is 57.3 Å². The highest BCUT2D eigenvalue weighted by Gasteiger charge is 2.28. The van der Waals surface area contributed by atoms with Gasteiger partial charge in [-0.25, -0.2) is 0 Å². The first-order chi connectivity index (χ1) is 28.0. The second-order valence-electron chi connectivity index (χ2n) is 17.1. The van der Waals surface area contributed by atoms with Gasteiger partial charge < -0.3 is 25.7 Å². The smallest absolute Gasteiger partial charge is 0.249 e. The highest BCUT2D eigenvalue weighted by Crippen LogP contribution is 2.16. The van der Waals surface area contributed by atoms with E-state index in [1.807, 2.05) is 0 Å². The lowest BCUT2D eigenvalue weighted by Gasteiger charge is -2.27. The maximum absolute atomic E-state index is 12.5. The minimum Gasteiger partial charge on any atom is -0.394 e. The van der Waals surface area contributed by atoms with E-state index in [2.05, 4.69) is 55.6 Å². The predicted molar refractivity (Wildman–Crippen MR) is 247 cm³/mol. The molecule has 57 heavy (non-hydrogen) atoms. The maximum Gasteiger partial charge on any atom is 0.249 e. The number of carbonyl (C=O) groups excluding carboxylic acids is 1. The van der Waals surface area contributed by atoms with Crippen molar-refractivity contribution in [3.05, 3.63) is 36.5 Å². The van der Waals surface area contributed by atoms with Crippen LogP contribution in [0.5, 0.6) is 0 Å². The van der Waals surface area contributed by atoms with Gasteiger partial charge in [0.25, 0.3) is 0 Å². The molecule has 0 saturated heterocycles. The average molecular weight is 804 g/mol. The normalized spacial score (nSPS) is 14.3. The molecule has 0 radical (unpaired) electrons. The van der Waals surface area contributed by atoms with Crippen LogP contribution < -0.4 is 5.32 Å². The van der Waals surface area contributed by atoms with Crippen molar-refractivity contribution < 1.29 is 25.2 Å². The predicted octanol–water partition coefficient (Wildman–Crippen LogP) is 13.7. The quantitative estimate of drug-likeness (QED) is 0.0311. The topological polar surface area (TPSA) is 110 Å². The highest BCUT2D eigenvalue weighted by molar-refractivity contribution is 5.80. The fourth-order valence-electron chi connectivity index (χ4n) is 7.59. The van der Waals surface area contributed by atoms with Gasteiger partial charge in [-0.3, -0.25) is 4.79 Å². The summed E-state index contributed by atoms with van der Waals surface area (Å²) in [4.78, 5) is 12.5. The number of hydrogen-bond donors (Lipinski definition) is 5. The molecule has 6 nitrogen and oxygen atoms in total. The lowest BCUT2D eigenvalue weighted by atomic mass is 10.00. The zero-order valence-electron chi connectivity index (χ0n) is 37.8. The van der Waals surface area contributed by atoms with Gasteiger partial charge in [0.15, 0.2) is 0 Å². The van der Waals surface area contributed by atoms with Crippen LogP contribution >= 0.6 is 0 Å². The molecule has 0 heterocycles. The van der Waals surface area contributed by atoms with Gasteiger partial charge in [-0.1, -0.05) is 211 Å². The van der Waals surface area contributed by atoms with E-state index in [-0.39, 0.29) is 0 Å². The zero-order valence-corrected chi connectivity index (χ0v) is 37.8. The van der Waals surface area contributed by atoms with Crippen molar-refractivity contribution in [1.82, 2.24) is 5.32 Å². The molecule has 0 rings (SSSR count). The van der Waals surface area contributed by atoms with Gasteiger partial charge in [0, 0.05) is 0 Å². The number of hydrogen-bond acceptors (Lipinski definition) is 5. The van der Waals surface area contributed by atoms with Crippen molar-refractivity contribution in [2.75, 3.05) is 6.61 Å². The molecule has 5 N–H and O–H groups in total. The fraction of sp³-hybridized carbons (Fsp3) is 0.863. The summed E-state index contributed by atoms with van der Waals surface area (Å²) in [5, 5.41) is 43.8. The van der Waals surface area contributed by atoms with E-state index in [0.29, 0.717) is 19.3 Å². The van der Waals surface area contributed by atoms with Gasteiger partial charge in [-0.2, -0.15) is 0 Å². The Labute approximate surface area is 354 Å². The number of rotatable bonds is 45. The summed E-state index contributed by atoms with van der Waals surface area (Å²) < 4.78 is 0. The molecule has 0 aromatic rings. The van der Waals surface area contributed by atoms with E-state index >= 15 is 0 Å². The maximum atomic E-state index is 12.5. The molecule has 0 bridgehead atoms. The van der Waals surface area contributed by atoms with Crippen molar-refractivity contribution in [3.63, 3.8) is 0 Å². The minimum absolute atomic E-state index is 0.355. The van der Waals surface area contributed by atoms with Crippen LogP contribution in [0.1, 0.15) is 251 Å². The van der Waals surface area contributed by atoms with E-state index in [4.69, 9.17) is 0 Å². The van der Waals surface area contributed by atoms with Gasteiger partial charge in [-0.05, 0) is 77.0 Å². The molecule has 0 fully saturated rings. The zero-order chi connectivity index (χ0) is 41.7. The second-order valence-corrected chi connectivity index (χ2v) is 17.1. The summed E-state index contributed by atoms with van der Waals surface area (Å²) >= 11 is 0.